The van der Waals surface area contributed by atoms with Crippen LogP contribution in [0.15, 0.2) is 35.5 Å². The number of pyridine rings is 1. The number of carbonyl (C=O) groups excluding carboxylic acids is 1. The summed E-state index contributed by atoms with van der Waals surface area (Å²) in [6, 6.07) is 1.75. The molecule has 0 unspecified atom stereocenters. The molecule has 3 heterocycles. The minimum Gasteiger partial charge on any atom is -0.345 e. The molecule has 0 saturated carbocycles. The molecule has 0 spiro atoms. The summed E-state index contributed by atoms with van der Waals surface area (Å²) in [6.07, 6.45) is -0.824. The van der Waals surface area contributed by atoms with Gasteiger partial charge in [-0.25, -0.2) is 0 Å². The van der Waals surface area contributed by atoms with E-state index in [1.165, 1.54) is 16.8 Å². The van der Waals surface area contributed by atoms with Gasteiger partial charge in [0.1, 0.15) is 5.69 Å². The molecule has 0 aliphatic carbocycles. The van der Waals surface area contributed by atoms with Crippen molar-refractivity contribution in [2.45, 2.75) is 12.7 Å². The van der Waals surface area contributed by atoms with Gasteiger partial charge in [-0.15, -0.1) is 10.2 Å². The van der Waals surface area contributed by atoms with Gasteiger partial charge in [-0.2, -0.15) is 13.2 Å². The number of fused-ring (bicyclic) bond motifs is 1. The average Bonchev–Trinajstić information content (AvgIpc) is 2.96. The van der Waals surface area contributed by atoms with E-state index in [0.717, 1.165) is 18.3 Å². The number of halogens is 3. The molecule has 24 heavy (non-hydrogen) atoms. The van der Waals surface area contributed by atoms with Crippen molar-refractivity contribution in [3.8, 4) is 0 Å². The summed E-state index contributed by atoms with van der Waals surface area (Å²) < 4.78 is 38.7. The fraction of sp³-hybridized carbons (Fsp3) is 0.154. The monoisotopic (exact) mass is 338 g/mol. The van der Waals surface area contributed by atoms with Crippen molar-refractivity contribution in [1.29, 1.82) is 0 Å². The highest BCUT2D eigenvalue weighted by Crippen LogP contribution is 2.27. The van der Waals surface area contributed by atoms with E-state index >= 15 is 0 Å². The fourth-order valence-electron chi connectivity index (χ4n) is 1.96. The molecule has 0 fully saturated rings. The molecule has 0 atom stereocenters. The third-order valence-corrected chi connectivity index (χ3v) is 3.13. The van der Waals surface area contributed by atoms with E-state index in [1.54, 1.807) is 0 Å². The van der Waals surface area contributed by atoms with E-state index in [0.29, 0.717) is 5.82 Å². The lowest BCUT2D eigenvalue weighted by Crippen LogP contribution is -2.24. The summed E-state index contributed by atoms with van der Waals surface area (Å²) in [5.41, 5.74) is -1.48. The maximum absolute atomic E-state index is 12.4. The quantitative estimate of drug-likeness (QED) is 0.734. The van der Waals surface area contributed by atoms with Gasteiger partial charge in [0.25, 0.3) is 11.5 Å². The SMILES string of the molecule is O=C(NCc1nnc2c(=O)[nH]ccn12)c1ccc(C(F)(F)F)nc1. The van der Waals surface area contributed by atoms with E-state index in [1.807, 2.05) is 0 Å². The van der Waals surface area contributed by atoms with Crippen LogP contribution < -0.4 is 10.9 Å². The third-order valence-electron chi connectivity index (χ3n) is 3.13. The van der Waals surface area contributed by atoms with Crippen LogP contribution in [0.1, 0.15) is 21.9 Å². The van der Waals surface area contributed by atoms with Crippen molar-refractivity contribution in [2.24, 2.45) is 0 Å². The molecule has 3 rings (SSSR count). The number of nitrogens with zero attached hydrogens (tertiary/aromatic N) is 4. The lowest BCUT2D eigenvalue weighted by molar-refractivity contribution is -0.141. The minimum absolute atomic E-state index is 0.0327. The molecule has 0 aliphatic rings. The van der Waals surface area contributed by atoms with Crippen molar-refractivity contribution in [2.75, 3.05) is 0 Å². The van der Waals surface area contributed by atoms with Gasteiger partial charge < -0.3 is 10.3 Å². The molecule has 0 aromatic carbocycles. The van der Waals surface area contributed by atoms with Crippen LogP contribution in [-0.4, -0.2) is 30.5 Å². The maximum Gasteiger partial charge on any atom is 0.433 e. The summed E-state index contributed by atoms with van der Waals surface area (Å²) in [4.78, 5) is 29.1. The van der Waals surface area contributed by atoms with Gasteiger partial charge in [0, 0.05) is 18.6 Å². The van der Waals surface area contributed by atoms with Crippen LogP contribution in [-0.2, 0) is 12.7 Å². The molecule has 2 N–H and O–H groups in total. The van der Waals surface area contributed by atoms with Gasteiger partial charge in [0.15, 0.2) is 5.82 Å². The van der Waals surface area contributed by atoms with Crippen molar-refractivity contribution in [3.05, 3.63) is 58.2 Å². The van der Waals surface area contributed by atoms with Crippen LogP contribution in [0.4, 0.5) is 13.2 Å². The number of rotatable bonds is 3. The molecule has 0 bridgehead atoms. The largest absolute Gasteiger partial charge is 0.433 e. The van der Waals surface area contributed by atoms with E-state index in [9.17, 15) is 22.8 Å². The molecule has 3 aromatic heterocycles. The lowest BCUT2D eigenvalue weighted by Gasteiger charge is -2.07. The van der Waals surface area contributed by atoms with Gasteiger partial charge in [0.2, 0.25) is 5.65 Å². The Morgan fingerprint density at radius 3 is 2.75 bits per heavy atom. The van der Waals surface area contributed by atoms with Crippen molar-refractivity contribution < 1.29 is 18.0 Å². The summed E-state index contributed by atoms with van der Waals surface area (Å²) in [5.74, 6) is -0.331. The standard InChI is InChI=1S/C13H9F3N6O2/c14-13(15,16)8-2-1-7(5-18-8)11(23)19-6-9-20-21-10-12(24)17-3-4-22(9)10/h1-5H,6H2,(H,17,24)(H,19,23). The molecule has 8 nitrogen and oxygen atoms in total. The molecule has 124 valence electrons. The Morgan fingerprint density at radius 1 is 1.29 bits per heavy atom. The first kappa shape index (κ1) is 15.6. The smallest absolute Gasteiger partial charge is 0.345 e. The van der Waals surface area contributed by atoms with E-state index in [-0.39, 0.29) is 17.8 Å². The topological polar surface area (TPSA) is 105 Å². The highest BCUT2D eigenvalue weighted by Gasteiger charge is 2.32. The minimum atomic E-state index is -4.57. The first-order chi connectivity index (χ1) is 11.4. The van der Waals surface area contributed by atoms with E-state index < -0.39 is 23.3 Å². The zero-order valence-corrected chi connectivity index (χ0v) is 11.8. The Labute approximate surface area is 131 Å². The van der Waals surface area contributed by atoms with Crippen LogP contribution in [0.25, 0.3) is 5.65 Å². The van der Waals surface area contributed by atoms with Gasteiger partial charge in [-0.05, 0) is 12.1 Å². The number of aromatic amines is 1. The van der Waals surface area contributed by atoms with Crippen LogP contribution in [0, 0.1) is 0 Å². The van der Waals surface area contributed by atoms with Crippen LogP contribution in [0.5, 0.6) is 0 Å². The summed E-state index contributed by atoms with van der Waals surface area (Å²) in [7, 11) is 0. The maximum atomic E-state index is 12.4. The zero-order chi connectivity index (χ0) is 17.3. The predicted octanol–water partition coefficient (Wildman–Crippen LogP) is 0.761. The van der Waals surface area contributed by atoms with Crippen LogP contribution in [0.3, 0.4) is 0 Å². The Morgan fingerprint density at radius 2 is 2.08 bits per heavy atom. The lowest BCUT2D eigenvalue weighted by atomic mass is 10.2. The molecule has 0 saturated heterocycles. The predicted molar refractivity (Wildman–Crippen MR) is 74.0 cm³/mol. The number of alkyl halides is 3. The Balaban J connectivity index is 1.73. The number of carbonyl (C=O) groups is 1. The van der Waals surface area contributed by atoms with Crippen molar-refractivity contribution in [3.63, 3.8) is 0 Å². The number of aromatic nitrogens is 5. The van der Waals surface area contributed by atoms with Gasteiger partial charge in [0.05, 0.1) is 12.1 Å². The fourth-order valence-corrected chi connectivity index (χ4v) is 1.96. The molecule has 0 radical (unpaired) electrons. The Kier molecular flexibility index (Phi) is 3.75. The summed E-state index contributed by atoms with van der Waals surface area (Å²) in [6.45, 7) is -0.0650. The van der Waals surface area contributed by atoms with E-state index in [2.05, 4.69) is 25.5 Å². The second-order valence-corrected chi connectivity index (χ2v) is 4.71. The number of H-pyrrole nitrogens is 1. The first-order valence-electron chi connectivity index (χ1n) is 6.59. The Hall–Kier alpha value is -3.24. The molecular formula is C13H9F3N6O2. The van der Waals surface area contributed by atoms with Crippen molar-refractivity contribution >= 4 is 11.6 Å². The van der Waals surface area contributed by atoms with Crippen molar-refractivity contribution in [1.82, 2.24) is 29.9 Å². The third kappa shape index (κ3) is 2.95. The van der Waals surface area contributed by atoms with Crippen LogP contribution in [0.2, 0.25) is 0 Å². The summed E-state index contributed by atoms with van der Waals surface area (Å²) >= 11 is 0. The van der Waals surface area contributed by atoms with Gasteiger partial charge >= 0.3 is 6.18 Å². The normalized spacial score (nSPS) is 11.6. The van der Waals surface area contributed by atoms with Crippen LogP contribution >= 0.6 is 0 Å². The van der Waals surface area contributed by atoms with Gasteiger partial charge in [-0.1, -0.05) is 0 Å². The molecule has 1 amide bonds. The zero-order valence-electron chi connectivity index (χ0n) is 11.8. The highest BCUT2D eigenvalue weighted by atomic mass is 19.4. The van der Waals surface area contributed by atoms with E-state index in [4.69, 9.17) is 0 Å². The molecular weight excluding hydrogens is 329 g/mol. The molecule has 0 aliphatic heterocycles. The number of hydrogen-bond donors (Lipinski definition) is 2. The molecule has 11 heteroatoms. The average molecular weight is 338 g/mol. The van der Waals surface area contributed by atoms with Gasteiger partial charge in [-0.3, -0.25) is 19.0 Å². The number of hydrogen-bond acceptors (Lipinski definition) is 5. The number of amides is 1. The second-order valence-electron chi connectivity index (χ2n) is 4.71. The first-order valence-corrected chi connectivity index (χ1v) is 6.59. The molecule has 3 aromatic rings. The Bertz CT molecular complexity index is 945. The highest BCUT2D eigenvalue weighted by molar-refractivity contribution is 5.93. The summed E-state index contributed by atoms with van der Waals surface area (Å²) in [5, 5.41) is 9.95. The second kappa shape index (κ2) is 5.76. The number of nitrogens with one attached hydrogen (secondary N) is 2.